The summed E-state index contributed by atoms with van der Waals surface area (Å²) in [6, 6.07) is 0.287. The van der Waals surface area contributed by atoms with Crippen LogP contribution in [0.25, 0.3) is 0 Å². The third-order valence-corrected chi connectivity index (χ3v) is 5.60. The van der Waals surface area contributed by atoms with E-state index in [9.17, 15) is 13.8 Å². The Morgan fingerprint density at radius 2 is 1.62 bits per heavy atom. The maximum atomic E-state index is 12.3. The minimum absolute atomic E-state index is 0.0607. The number of nitrogens with one attached hydrogen (secondary N) is 1. The molecule has 1 N–H and O–H groups in total. The van der Waals surface area contributed by atoms with Crippen LogP contribution in [-0.2, 0) is 20.3 Å². The van der Waals surface area contributed by atoms with Crippen molar-refractivity contribution in [3.63, 3.8) is 0 Å². The van der Waals surface area contributed by atoms with Gasteiger partial charge in [0.2, 0.25) is 5.91 Å². The molecule has 2 aliphatic heterocycles. The fourth-order valence-electron chi connectivity index (χ4n) is 2.81. The molecule has 0 aromatic rings. The Labute approximate surface area is 146 Å². The summed E-state index contributed by atoms with van der Waals surface area (Å²) in [5.41, 5.74) is -0.502. The van der Waals surface area contributed by atoms with Crippen LogP contribution in [0, 0.1) is 0 Å². The van der Waals surface area contributed by atoms with Gasteiger partial charge in [-0.1, -0.05) is 0 Å². The second kappa shape index (κ2) is 8.29. The normalized spacial score (nSPS) is 25.5. The molecule has 0 aliphatic carbocycles. The molecule has 138 valence electrons. The third kappa shape index (κ3) is 6.05. The molecule has 7 nitrogen and oxygen atoms in total. The zero-order valence-corrected chi connectivity index (χ0v) is 15.7. The minimum Gasteiger partial charge on any atom is -0.444 e. The number of nitrogens with zero attached hydrogens (tertiary/aromatic N) is 2. The van der Waals surface area contributed by atoms with Crippen LogP contribution in [0.4, 0.5) is 4.79 Å². The van der Waals surface area contributed by atoms with Gasteiger partial charge in [0, 0.05) is 54.5 Å². The number of hydrogen-bond donors (Lipinski definition) is 1. The van der Waals surface area contributed by atoms with Gasteiger partial charge in [-0.05, 0) is 33.6 Å². The zero-order valence-electron chi connectivity index (χ0n) is 14.9. The van der Waals surface area contributed by atoms with Gasteiger partial charge in [0.05, 0.1) is 6.54 Å². The average molecular weight is 359 g/mol. The highest BCUT2D eigenvalue weighted by Gasteiger charge is 2.28. The third-order valence-electron chi connectivity index (χ3n) is 4.21. The molecular formula is C16H29N3O4S. The molecule has 0 unspecified atom stereocenters. The number of carbonyl (C=O) groups excluding carboxylic acids is 2. The highest BCUT2D eigenvalue weighted by Crippen LogP contribution is 2.12. The van der Waals surface area contributed by atoms with Gasteiger partial charge in [-0.15, -0.1) is 0 Å². The molecule has 0 aromatic carbocycles. The van der Waals surface area contributed by atoms with E-state index in [2.05, 4.69) is 5.32 Å². The van der Waals surface area contributed by atoms with Crippen molar-refractivity contribution in [3.8, 4) is 0 Å². The predicted molar refractivity (Wildman–Crippen MR) is 93.3 cm³/mol. The lowest BCUT2D eigenvalue weighted by molar-refractivity contribution is -0.132. The molecule has 2 amide bonds. The molecule has 8 heteroatoms. The van der Waals surface area contributed by atoms with Crippen molar-refractivity contribution in [1.82, 2.24) is 15.1 Å². The van der Waals surface area contributed by atoms with Crippen LogP contribution >= 0.6 is 0 Å². The minimum atomic E-state index is -0.680. The average Bonchev–Trinajstić information content (AvgIpc) is 2.52. The molecule has 0 bridgehead atoms. The summed E-state index contributed by atoms with van der Waals surface area (Å²) < 4.78 is 16.7. The summed E-state index contributed by atoms with van der Waals surface area (Å²) in [5, 5.41) is 3.27. The Kier molecular flexibility index (Phi) is 6.62. The quantitative estimate of drug-likeness (QED) is 0.797. The highest BCUT2D eigenvalue weighted by atomic mass is 32.2. The molecule has 2 rings (SSSR count). The number of rotatable bonds is 3. The smallest absolute Gasteiger partial charge is 0.410 e. The Hall–Kier alpha value is -1.15. The molecule has 2 fully saturated rings. The first kappa shape index (κ1) is 19.2. The van der Waals surface area contributed by atoms with Crippen LogP contribution in [0.3, 0.4) is 0 Å². The van der Waals surface area contributed by atoms with E-state index in [4.69, 9.17) is 4.74 Å². The van der Waals surface area contributed by atoms with Crippen LogP contribution in [0.1, 0.15) is 33.6 Å². The summed E-state index contributed by atoms with van der Waals surface area (Å²) in [6.07, 6.45) is 1.42. The van der Waals surface area contributed by atoms with Gasteiger partial charge in [-0.2, -0.15) is 0 Å². The zero-order chi connectivity index (χ0) is 17.7. The lowest BCUT2D eigenvalue weighted by atomic mass is 10.1. The van der Waals surface area contributed by atoms with Crippen LogP contribution in [-0.4, -0.2) is 81.9 Å². The lowest BCUT2D eigenvalue weighted by Crippen LogP contribution is -2.53. The number of hydrogen-bond acceptors (Lipinski definition) is 5. The molecule has 2 saturated heterocycles. The van der Waals surface area contributed by atoms with Gasteiger partial charge >= 0.3 is 6.09 Å². The Morgan fingerprint density at radius 1 is 1.08 bits per heavy atom. The van der Waals surface area contributed by atoms with E-state index < -0.39 is 16.4 Å². The predicted octanol–water partition coefficient (Wildman–Crippen LogP) is 0.566. The molecular weight excluding hydrogens is 330 g/mol. The van der Waals surface area contributed by atoms with Crippen molar-refractivity contribution in [3.05, 3.63) is 0 Å². The SMILES string of the molecule is CC(C)(C)OC(=O)N1CCN(C(=O)CNC2CCS(=O)CC2)CC1. The standard InChI is InChI=1S/C16H29N3O4S/c1-16(2,3)23-15(21)19-8-6-18(7-9-19)14(20)12-17-13-4-10-24(22)11-5-13/h13,17H,4-12H2,1-3H3. The van der Waals surface area contributed by atoms with Gasteiger partial charge in [0.15, 0.2) is 0 Å². The molecule has 2 heterocycles. The number of ether oxygens (including phenoxy) is 1. The van der Waals surface area contributed by atoms with Crippen LogP contribution in [0.2, 0.25) is 0 Å². The van der Waals surface area contributed by atoms with Gasteiger partial charge in [-0.3, -0.25) is 9.00 Å². The number of carbonyl (C=O) groups is 2. The van der Waals surface area contributed by atoms with Crippen LogP contribution in [0.15, 0.2) is 0 Å². The van der Waals surface area contributed by atoms with E-state index in [1.807, 2.05) is 20.8 Å². The van der Waals surface area contributed by atoms with E-state index >= 15 is 0 Å². The van der Waals surface area contributed by atoms with E-state index in [0.717, 1.165) is 24.3 Å². The van der Waals surface area contributed by atoms with Gasteiger partial charge in [-0.25, -0.2) is 4.79 Å². The molecule has 24 heavy (non-hydrogen) atoms. The second-order valence-electron chi connectivity index (χ2n) is 7.35. The van der Waals surface area contributed by atoms with Crippen molar-refractivity contribution in [1.29, 1.82) is 0 Å². The molecule has 0 radical (unpaired) electrons. The topological polar surface area (TPSA) is 79.0 Å². The van der Waals surface area contributed by atoms with Gasteiger partial charge in [0.25, 0.3) is 0 Å². The molecule has 0 atom stereocenters. The molecule has 0 saturated carbocycles. The van der Waals surface area contributed by atoms with Gasteiger partial charge < -0.3 is 19.9 Å². The van der Waals surface area contributed by atoms with Crippen LogP contribution < -0.4 is 5.32 Å². The van der Waals surface area contributed by atoms with E-state index in [1.54, 1.807) is 9.80 Å². The Morgan fingerprint density at radius 3 is 2.17 bits per heavy atom. The van der Waals surface area contributed by atoms with E-state index in [1.165, 1.54) is 0 Å². The lowest BCUT2D eigenvalue weighted by Gasteiger charge is -2.36. The number of piperazine rings is 1. The maximum Gasteiger partial charge on any atom is 0.410 e. The fraction of sp³-hybridized carbons (Fsp3) is 0.875. The Bertz CT molecular complexity index is 474. The summed E-state index contributed by atoms with van der Waals surface area (Å²) >= 11 is 0. The van der Waals surface area contributed by atoms with E-state index in [0.29, 0.717) is 32.7 Å². The van der Waals surface area contributed by atoms with E-state index in [-0.39, 0.29) is 18.0 Å². The summed E-state index contributed by atoms with van der Waals surface area (Å²) in [6.45, 7) is 7.92. The summed E-state index contributed by atoms with van der Waals surface area (Å²) in [4.78, 5) is 27.7. The van der Waals surface area contributed by atoms with Crippen molar-refractivity contribution in [2.75, 3.05) is 44.2 Å². The van der Waals surface area contributed by atoms with Crippen molar-refractivity contribution in [2.45, 2.75) is 45.3 Å². The second-order valence-corrected chi connectivity index (χ2v) is 9.05. The monoisotopic (exact) mass is 359 g/mol. The largest absolute Gasteiger partial charge is 0.444 e. The molecule has 0 aromatic heterocycles. The highest BCUT2D eigenvalue weighted by molar-refractivity contribution is 7.85. The van der Waals surface area contributed by atoms with Gasteiger partial charge in [0.1, 0.15) is 5.60 Å². The van der Waals surface area contributed by atoms with Crippen LogP contribution in [0.5, 0.6) is 0 Å². The maximum absolute atomic E-state index is 12.3. The first-order valence-corrected chi connectivity index (χ1v) is 10.1. The molecule has 2 aliphatic rings. The van der Waals surface area contributed by atoms with Crippen molar-refractivity contribution >= 4 is 22.8 Å². The summed E-state index contributed by atoms with van der Waals surface area (Å²) in [5.74, 6) is 1.51. The van der Waals surface area contributed by atoms with Crippen molar-refractivity contribution < 1.29 is 18.5 Å². The summed E-state index contributed by atoms with van der Waals surface area (Å²) in [7, 11) is -0.680. The first-order chi connectivity index (χ1) is 11.2. The first-order valence-electron chi connectivity index (χ1n) is 8.58. The molecule has 0 spiro atoms. The van der Waals surface area contributed by atoms with Crippen molar-refractivity contribution in [2.24, 2.45) is 0 Å². The Balaban J connectivity index is 1.69. The fourth-order valence-corrected chi connectivity index (χ4v) is 4.11. The number of amides is 2.